The number of hydrogen-bond acceptors (Lipinski definition) is 2. The molecule has 0 saturated heterocycles. The second kappa shape index (κ2) is 9.89. The third-order valence-electron chi connectivity index (χ3n) is 8.84. The second-order valence-corrected chi connectivity index (χ2v) is 11.4. The van der Waals surface area contributed by atoms with E-state index in [2.05, 4.69) is 138 Å². The molecule has 0 saturated carbocycles. The van der Waals surface area contributed by atoms with Crippen molar-refractivity contribution in [3.05, 3.63) is 163 Å². The van der Waals surface area contributed by atoms with E-state index in [1.807, 2.05) is 18.2 Å². The van der Waals surface area contributed by atoms with Crippen LogP contribution in [0.2, 0.25) is 0 Å². The molecule has 3 nitrogen and oxygen atoms in total. The van der Waals surface area contributed by atoms with E-state index in [0.29, 0.717) is 0 Å². The van der Waals surface area contributed by atoms with Gasteiger partial charge in [-0.3, -0.25) is 0 Å². The van der Waals surface area contributed by atoms with Gasteiger partial charge in [-0.15, -0.1) is 0 Å². The van der Waals surface area contributed by atoms with E-state index in [4.69, 9.17) is 9.97 Å². The van der Waals surface area contributed by atoms with E-state index in [1.54, 1.807) is 0 Å². The average molecular weight is 562 g/mol. The highest BCUT2D eigenvalue weighted by Crippen LogP contribution is 2.43. The van der Waals surface area contributed by atoms with Crippen LogP contribution in [-0.2, 0) is 6.42 Å². The van der Waals surface area contributed by atoms with Crippen molar-refractivity contribution in [1.29, 1.82) is 0 Å². The van der Waals surface area contributed by atoms with Gasteiger partial charge in [-0.2, -0.15) is 0 Å². The largest absolute Gasteiger partial charge is 0.309 e. The molecule has 2 aromatic heterocycles. The minimum absolute atomic E-state index is 0.761. The molecule has 206 valence electrons. The summed E-state index contributed by atoms with van der Waals surface area (Å²) < 4.78 is 2.36. The molecule has 0 N–H and O–H groups in total. The van der Waals surface area contributed by atoms with Gasteiger partial charge < -0.3 is 4.57 Å². The highest BCUT2D eigenvalue weighted by atomic mass is 15.0. The van der Waals surface area contributed by atoms with Gasteiger partial charge in [0.15, 0.2) is 5.82 Å². The maximum absolute atomic E-state index is 5.20. The van der Waals surface area contributed by atoms with Crippen molar-refractivity contribution >= 4 is 21.8 Å². The first-order valence-corrected chi connectivity index (χ1v) is 15.1. The molecule has 6 aromatic carbocycles. The van der Waals surface area contributed by atoms with Gasteiger partial charge in [-0.25, -0.2) is 9.97 Å². The quantitative estimate of drug-likeness (QED) is 0.214. The molecular weight excluding hydrogens is 534 g/mol. The zero-order valence-electron chi connectivity index (χ0n) is 24.0. The number of aromatic nitrogens is 3. The first kappa shape index (κ1) is 24.8. The minimum atomic E-state index is 0.761. The lowest BCUT2D eigenvalue weighted by molar-refractivity contribution is 1.13. The zero-order valence-corrected chi connectivity index (χ0v) is 24.0. The molecule has 3 heteroatoms. The van der Waals surface area contributed by atoms with Gasteiger partial charge in [0, 0.05) is 45.1 Å². The van der Waals surface area contributed by atoms with Crippen molar-refractivity contribution in [3.63, 3.8) is 0 Å². The van der Waals surface area contributed by atoms with E-state index in [1.165, 1.54) is 55.3 Å². The SMILES string of the molecule is c1ccc(-c2nc(-c3ccccc3)c3c(n2)-c2cc(-c4ccc5c(c4)c4ccccc4n5-c4ccccc4)ccc2C3)cc1. The van der Waals surface area contributed by atoms with Crippen LogP contribution in [0, 0.1) is 0 Å². The number of fused-ring (bicyclic) bond motifs is 6. The van der Waals surface area contributed by atoms with Gasteiger partial charge in [-0.1, -0.05) is 115 Å². The number of benzene rings is 6. The Bertz CT molecular complexity index is 2340. The standard InChI is InChI=1S/C41H27N3/c1-4-12-27(13-5-1)39-36-26-31-21-20-29(24-34(31)40(36)43-41(42-39)28-14-6-2-7-15-28)30-22-23-38-35(25-30)33-18-10-11-19-37(33)44(38)32-16-8-3-9-17-32/h1-25H,26H2. The van der Waals surface area contributed by atoms with Crippen LogP contribution in [0.5, 0.6) is 0 Å². The lowest BCUT2D eigenvalue weighted by Gasteiger charge is -2.11. The highest BCUT2D eigenvalue weighted by Gasteiger charge is 2.26. The average Bonchev–Trinajstić information content (AvgIpc) is 3.64. The molecule has 0 aliphatic heterocycles. The summed E-state index contributed by atoms with van der Waals surface area (Å²) in [7, 11) is 0. The van der Waals surface area contributed by atoms with Crippen LogP contribution in [-0.4, -0.2) is 14.5 Å². The minimum Gasteiger partial charge on any atom is -0.309 e. The van der Waals surface area contributed by atoms with Crippen LogP contribution in [0.1, 0.15) is 11.1 Å². The summed E-state index contributed by atoms with van der Waals surface area (Å²) in [6.07, 6.45) is 0.827. The Balaban J connectivity index is 1.22. The first-order valence-electron chi connectivity index (χ1n) is 15.1. The van der Waals surface area contributed by atoms with Crippen LogP contribution in [0.25, 0.3) is 72.5 Å². The third-order valence-corrected chi connectivity index (χ3v) is 8.84. The van der Waals surface area contributed by atoms with Crippen LogP contribution in [0.4, 0.5) is 0 Å². The predicted octanol–water partition coefficient (Wildman–Crippen LogP) is 10.1. The van der Waals surface area contributed by atoms with Crippen molar-refractivity contribution in [2.75, 3.05) is 0 Å². The lowest BCUT2D eigenvalue weighted by atomic mass is 9.98. The maximum Gasteiger partial charge on any atom is 0.160 e. The molecule has 9 rings (SSSR count). The first-order chi connectivity index (χ1) is 21.8. The Morgan fingerprint density at radius 3 is 1.86 bits per heavy atom. The topological polar surface area (TPSA) is 30.7 Å². The van der Waals surface area contributed by atoms with Gasteiger partial charge in [0.2, 0.25) is 0 Å². The van der Waals surface area contributed by atoms with E-state index >= 15 is 0 Å². The lowest BCUT2D eigenvalue weighted by Crippen LogP contribution is -1.99. The van der Waals surface area contributed by atoms with Crippen LogP contribution in [0.15, 0.2) is 152 Å². The summed E-state index contributed by atoms with van der Waals surface area (Å²) in [6.45, 7) is 0. The number of nitrogens with zero attached hydrogens (tertiary/aromatic N) is 3. The molecule has 2 heterocycles. The third kappa shape index (κ3) is 3.90. The van der Waals surface area contributed by atoms with E-state index in [-0.39, 0.29) is 0 Å². The maximum atomic E-state index is 5.20. The smallest absolute Gasteiger partial charge is 0.160 e. The fraction of sp³-hybridized carbons (Fsp3) is 0.0244. The van der Waals surface area contributed by atoms with Gasteiger partial charge >= 0.3 is 0 Å². The van der Waals surface area contributed by atoms with Crippen LogP contribution < -0.4 is 0 Å². The number of para-hydroxylation sites is 2. The molecule has 0 fully saturated rings. The highest BCUT2D eigenvalue weighted by molar-refractivity contribution is 6.10. The Kier molecular flexibility index (Phi) is 5.57. The van der Waals surface area contributed by atoms with Crippen molar-refractivity contribution in [1.82, 2.24) is 14.5 Å². The summed E-state index contributed by atoms with van der Waals surface area (Å²) in [5, 5.41) is 2.51. The van der Waals surface area contributed by atoms with Gasteiger partial charge in [0.05, 0.1) is 22.4 Å². The Morgan fingerprint density at radius 2 is 1.07 bits per heavy atom. The Hall–Kier alpha value is -5.80. The molecule has 1 aliphatic rings. The fourth-order valence-electron chi connectivity index (χ4n) is 6.75. The van der Waals surface area contributed by atoms with Gasteiger partial charge in [-0.05, 0) is 53.1 Å². The molecular formula is C41H27N3. The summed E-state index contributed by atoms with van der Waals surface area (Å²) in [6, 6.07) is 53.8. The van der Waals surface area contributed by atoms with Crippen molar-refractivity contribution in [2.45, 2.75) is 6.42 Å². The Morgan fingerprint density at radius 1 is 0.455 bits per heavy atom. The van der Waals surface area contributed by atoms with Gasteiger partial charge in [0.1, 0.15) is 0 Å². The molecule has 0 atom stereocenters. The fourth-order valence-corrected chi connectivity index (χ4v) is 6.75. The number of hydrogen-bond donors (Lipinski definition) is 0. The Labute approximate surface area is 255 Å². The monoisotopic (exact) mass is 561 g/mol. The van der Waals surface area contributed by atoms with Crippen molar-refractivity contribution in [3.8, 4) is 50.7 Å². The molecule has 0 unspecified atom stereocenters. The van der Waals surface area contributed by atoms with E-state index < -0.39 is 0 Å². The molecule has 8 aromatic rings. The van der Waals surface area contributed by atoms with Crippen LogP contribution >= 0.6 is 0 Å². The summed E-state index contributed by atoms with van der Waals surface area (Å²) in [5.41, 5.74) is 13.9. The molecule has 0 amide bonds. The number of rotatable bonds is 4. The molecule has 44 heavy (non-hydrogen) atoms. The molecule has 1 aliphatic carbocycles. The van der Waals surface area contributed by atoms with Crippen molar-refractivity contribution in [2.24, 2.45) is 0 Å². The zero-order chi connectivity index (χ0) is 29.0. The predicted molar refractivity (Wildman–Crippen MR) is 181 cm³/mol. The molecule has 0 radical (unpaired) electrons. The van der Waals surface area contributed by atoms with Crippen LogP contribution in [0.3, 0.4) is 0 Å². The van der Waals surface area contributed by atoms with E-state index in [0.717, 1.165) is 34.8 Å². The van der Waals surface area contributed by atoms with Crippen molar-refractivity contribution < 1.29 is 0 Å². The van der Waals surface area contributed by atoms with E-state index in [9.17, 15) is 0 Å². The summed E-state index contributed by atoms with van der Waals surface area (Å²) >= 11 is 0. The second-order valence-electron chi connectivity index (χ2n) is 11.4. The molecule has 0 bridgehead atoms. The normalized spacial score (nSPS) is 12.0. The summed E-state index contributed by atoms with van der Waals surface area (Å²) in [4.78, 5) is 10.3. The van der Waals surface area contributed by atoms with Gasteiger partial charge in [0.25, 0.3) is 0 Å². The molecule has 0 spiro atoms. The summed E-state index contributed by atoms with van der Waals surface area (Å²) in [5.74, 6) is 0.761.